The largest absolute Gasteiger partial charge is 0.698 e. The van der Waals surface area contributed by atoms with Crippen LogP contribution >= 0.6 is 40.1 Å². The van der Waals surface area contributed by atoms with Gasteiger partial charge in [-0.2, -0.15) is 0 Å². The summed E-state index contributed by atoms with van der Waals surface area (Å²) in [5, 5.41) is 1.36. The van der Waals surface area contributed by atoms with E-state index in [9.17, 15) is 4.57 Å². The molecular formula is C8H16Br2O3P+. The molecule has 2 atom stereocenters. The van der Waals surface area contributed by atoms with E-state index in [4.69, 9.17) is 9.05 Å². The van der Waals surface area contributed by atoms with E-state index in [1.807, 2.05) is 13.8 Å². The molecule has 0 aromatic heterocycles. The third kappa shape index (κ3) is 6.46. The molecule has 0 aromatic rings. The number of alkyl halides is 2. The van der Waals surface area contributed by atoms with Gasteiger partial charge >= 0.3 is 8.25 Å². The topological polar surface area (TPSA) is 35.5 Å². The van der Waals surface area contributed by atoms with E-state index < -0.39 is 8.25 Å². The Bertz CT molecular complexity index is 145. The molecule has 0 aliphatic heterocycles. The highest BCUT2D eigenvalue weighted by Gasteiger charge is 2.29. The maximum atomic E-state index is 11.4. The van der Waals surface area contributed by atoms with Gasteiger partial charge in [-0.3, -0.25) is 0 Å². The third-order valence-electron chi connectivity index (χ3n) is 1.73. The number of halogens is 2. The molecule has 0 spiro atoms. The summed E-state index contributed by atoms with van der Waals surface area (Å²) in [5.74, 6) is 0. The van der Waals surface area contributed by atoms with Gasteiger partial charge in [0.25, 0.3) is 0 Å². The van der Waals surface area contributed by atoms with Crippen molar-refractivity contribution in [1.29, 1.82) is 0 Å². The highest BCUT2D eigenvalue weighted by Crippen LogP contribution is 2.30. The normalized spacial score (nSPS) is 16.4. The van der Waals surface area contributed by atoms with Crippen molar-refractivity contribution in [3.63, 3.8) is 0 Å². The minimum atomic E-state index is -1.99. The molecule has 0 saturated heterocycles. The van der Waals surface area contributed by atoms with E-state index in [0.29, 0.717) is 10.7 Å². The summed E-state index contributed by atoms with van der Waals surface area (Å²) in [6.45, 7) is 3.97. The number of rotatable bonds is 8. The van der Waals surface area contributed by atoms with Gasteiger partial charge in [-0.25, -0.2) is 0 Å². The van der Waals surface area contributed by atoms with Gasteiger partial charge in [0.1, 0.15) is 12.2 Å². The van der Waals surface area contributed by atoms with Crippen molar-refractivity contribution < 1.29 is 13.6 Å². The smallest absolute Gasteiger partial charge is 0.115 e. The number of hydrogen-bond donors (Lipinski definition) is 0. The lowest BCUT2D eigenvalue weighted by Crippen LogP contribution is -2.13. The Hall–Kier alpha value is 0.980. The minimum absolute atomic E-state index is 0.0357. The molecular weight excluding hydrogens is 335 g/mol. The Kier molecular flexibility index (Phi) is 9.87. The van der Waals surface area contributed by atoms with Crippen molar-refractivity contribution >= 4 is 40.1 Å². The van der Waals surface area contributed by atoms with E-state index in [1.165, 1.54) is 0 Å². The Morgan fingerprint density at radius 1 is 1.07 bits per heavy atom. The fourth-order valence-electron chi connectivity index (χ4n) is 0.692. The van der Waals surface area contributed by atoms with Crippen LogP contribution in [0.2, 0.25) is 0 Å². The molecule has 14 heavy (non-hydrogen) atoms. The van der Waals surface area contributed by atoms with Crippen molar-refractivity contribution in [2.24, 2.45) is 0 Å². The van der Waals surface area contributed by atoms with Crippen molar-refractivity contribution in [1.82, 2.24) is 0 Å². The summed E-state index contributed by atoms with van der Waals surface area (Å²) in [7, 11) is -1.99. The Morgan fingerprint density at radius 3 is 1.64 bits per heavy atom. The van der Waals surface area contributed by atoms with E-state index >= 15 is 0 Å². The van der Waals surface area contributed by atoms with Gasteiger partial charge in [-0.15, -0.1) is 9.05 Å². The van der Waals surface area contributed by atoms with E-state index in [-0.39, 0.29) is 12.2 Å². The van der Waals surface area contributed by atoms with Crippen LogP contribution in [-0.4, -0.2) is 22.9 Å². The quantitative estimate of drug-likeness (QED) is 0.490. The average molecular weight is 351 g/mol. The lowest BCUT2D eigenvalue weighted by molar-refractivity contribution is 0.146. The zero-order valence-electron chi connectivity index (χ0n) is 8.41. The zero-order valence-corrected chi connectivity index (χ0v) is 12.5. The summed E-state index contributed by atoms with van der Waals surface area (Å²) in [6, 6.07) is 0. The molecule has 0 amide bonds. The van der Waals surface area contributed by atoms with Crippen LogP contribution < -0.4 is 0 Å². The van der Waals surface area contributed by atoms with E-state index in [1.54, 1.807) is 0 Å². The van der Waals surface area contributed by atoms with Gasteiger partial charge < -0.3 is 0 Å². The second-order valence-corrected chi connectivity index (χ2v) is 4.97. The first-order valence-electron chi connectivity index (χ1n) is 4.60. The van der Waals surface area contributed by atoms with Crippen LogP contribution in [0.15, 0.2) is 0 Å². The third-order valence-corrected chi connectivity index (χ3v) is 4.11. The first kappa shape index (κ1) is 15.0. The predicted octanol–water partition coefficient (Wildman–Crippen LogP) is 4.02. The molecule has 0 bridgehead atoms. The van der Waals surface area contributed by atoms with Gasteiger partial charge in [-0.05, 0) is 12.8 Å². The van der Waals surface area contributed by atoms with Crippen LogP contribution in [0, 0.1) is 0 Å². The summed E-state index contributed by atoms with van der Waals surface area (Å²) in [5.41, 5.74) is 0. The van der Waals surface area contributed by atoms with Crippen LogP contribution in [0.4, 0.5) is 0 Å². The SMILES string of the molecule is CCC(CBr)O[P+](=O)OC(CC)CBr. The highest BCUT2D eigenvalue weighted by atomic mass is 79.9. The molecule has 0 saturated carbocycles. The first-order valence-corrected chi connectivity index (χ1v) is 7.94. The van der Waals surface area contributed by atoms with Crippen molar-refractivity contribution in [2.45, 2.75) is 38.9 Å². The van der Waals surface area contributed by atoms with Gasteiger partial charge in [0.2, 0.25) is 0 Å². The van der Waals surface area contributed by atoms with Crippen LogP contribution in [0.5, 0.6) is 0 Å². The molecule has 0 N–H and O–H groups in total. The van der Waals surface area contributed by atoms with Crippen molar-refractivity contribution in [2.75, 3.05) is 10.7 Å². The molecule has 84 valence electrons. The highest BCUT2D eigenvalue weighted by molar-refractivity contribution is 9.09. The summed E-state index contributed by atoms with van der Waals surface area (Å²) in [6.07, 6.45) is 1.57. The second-order valence-electron chi connectivity index (χ2n) is 2.80. The standard InChI is InChI=1S/C8H16Br2O3P/c1-3-7(5-9)12-14(11)13-8(4-2)6-10/h7-8H,3-6H2,1-2H3/q+1. The van der Waals surface area contributed by atoms with Crippen LogP contribution in [0.25, 0.3) is 0 Å². The van der Waals surface area contributed by atoms with Gasteiger partial charge in [-0.1, -0.05) is 45.7 Å². The molecule has 0 aliphatic carbocycles. The molecule has 0 radical (unpaired) electrons. The fraction of sp³-hybridized carbons (Fsp3) is 1.00. The summed E-state index contributed by atoms with van der Waals surface area (Å²) >= 11 is 6.57. The zero-order chi connectivity index (χ0) is 11.0. The van der Waals surface area contributed by atoms with E-state index in [2.05, 4.69) is 31.9 Å². The van der Waals surface area contributed by atoms with E-state index in [0.717, 1.165) is 12.8 Å². The minimum Gasteiger partial charge on any atom is -0.115 e. The molecule has 2 unspecified atom stereocenters. The van der Waals surface area contributed by atoms with Crippen molar-refractivity contribution in [3.8, 4) is 0 Å². The van der Waals surface area contributed by atoms with Crippen LogP contribution in [0.3, 0.4) is 0 Å². The lowest BCUT2D eigenvalue weighted by atomic mass is 10.3. The van der Waals surface area contributed by atoms with Crippen molar-refractivity contribution in [3.05, 3.63) is 0 Å². The Morgan fingerprint density at radius 2 is 1.43 bits per heavy atom. The monoisotopic (exact) mass is 349 g/mol. The molecule has 3 nitrogen and oxygen atoms in total. The Labute approximate surface area is 103 Å². The molecule has 0 aliphatic rings. The second kappa shape index (κ2) is 9.22. The summed E-state index contributed by atoms with van der Waals surface area (Å²) < 4.78 is 21.8. The summed E-state index contributed by atoms with van der Waals surface area (Å²) in [4.78, 5) is 0. The molecule has 0 heterocycles. The molecule has 0 rings (SSSR count). The maximum Gasteiger partial charge on any atom is 0.698 e. The average Bonchev–Trinajstić information content (AvgIpc) is 2.22. The molecule has 0 fully saturated rings. The first-order chi connectivity index (χ1) is 6.67. The molecule has 0 aromatic carbocycles. The lowest BCUT2D eigenvalue weighted by Gasteiger charge is -2.05. The van der Waals surface area contributed by atoms with Crippen LogP contribution in [-0.2, 0) is 13.6 Å². The molecule has 6 heteroatoms. The maximum absolute atomic E-state index is 11.4. The number of hydrogen-bond acceptors (Lipinski definition) is 3. The van der Waals surface area contributed by atoms with Gasteiger partial charge in [0, 0.05) is 15.2 Å². The Balaban J connectivity index is 3.83. The predicted molar refractivity (Wildman–Crippen MR) is 65.5 cm³/mol. The van der Waals surface area contributed by atoms with Gasteiger partial charge in [0.05, 0.1) is 0 Å². The fourth-order valence-corrected chi connectivity index (χ4v) is 3.26. The van der Waals surface area contributed by atoms with Crippen LogP contribution in [0.1, 0.15) is 26.7 Å². The van der Waals surface area contributed by atoms with Gasteiger partial charge in [0.15, 0.2) is 0 Å².